The zero-order chi connectivity index (χ0) is 29.7. The maximum atomic E-state index is 12.9. The minimum atomic E-state index is -0.676. The van der Waals surface area contributed by atoms with Crippen molar-refractivity contribution in [2.24, 2.45) is 0 Å². The Morgan fingerprint density at radius 1 is 0.833 bits per heavy atom. The van der Waals surface area contributed by atoms with Gasteiger partial charge in [-0.1, -0.05) is 72.3 Å². The van der Waals surface area contributed by atoms with E-state index >= 15 is 0 Å². The van der Waals surface area contributed by atoms with Crippen LogP contribution in [0.2, 0.25) is 0 Å². The molecule has 0 saturated heterocycles. The van der Waals surface area contributed by atoms with Crippen molar-refractivity contribution in [3.05, 3.63) is 119 Å². The minimum Gasteiger partial charge on any atom is -0.459 e. The molecule has 0 spiro atoms. The van der Waals surface area contributed by atoms with Crippen molar-refractivity contribution in [3.63, 3.8) is 0 Å². The average Bonchev–Trinajstić information content (AvgIpc) is 3.02. The number of rotatable bonds is 13. The molecule has 1 aliphatic rings. The summed E-state index contributed by atoms with van der Waals surface area (Å²) >= 11 is 0. The lowest BCUT2D eigenvalue weighted by Gasteiger charge is -2.34. The van der Waals surface area contributed by atoms with Crippen molar-refractivity contribution in [1.29, 1.82) is 0 Å². The van der Waals surface area contributed by atoms with Crippen LogP contribution in [0.25, 0.3) is 0 Å². The topological polar surface area (TPSA) is 97.4 Å². The third-order valence-corrected chi connectivity index (χ3v) is 6.98. The van der Waals surface area contributed by atoms with Crippen molar-refractivity contribution >= 4 is 17.9 Å². The molecule has 2 unspecified atom stereocenters. The molecule has 42 heavy (non-hydrogen) atoms. The Labute approximate surface area is 246 Å². The molecule has 8 heteroatoms. The molecule has 0 aliphatic carbocycles. The third-order valence-electron chi connectivity index (χ3n) is 6.98. The molecule has 0 radical (unpaired) electrons. The van der Waals surface area contributed by atoms with Gasteiger partial charge in [-0.3, -0.25) is 0 Å². The van der Waals surface area contributed by atoms with Gasteiger partial charge in [-0.05, 0) is 61.6 Å². The van der Waals surface area contributed by atoms with Crippen LogP contribution in [0, 0.1) is 0 Å². The minimum absolute atomic E-state index is 0.0866. The lowest BCUT2D eigenvalue weighted by molar-refractivity contribution is -0.147. The van der Waals surface area contributed by atoms with Gasteiger partial charge in [0.1, 0.15) is 32.0 Å². The second kappa shape index (κ2) is 15.7. The number of hydrogen-bond donors (Lipinski definition) is 0. The number of hydrogen-bond acceptors (Lipinski definition) is 8. The second-order valence-electron chi connectivity index (χ2n) is 10.1. The van der Waals surface area contributed by atoms with Crippen LogP contribution in [0.1, 0.15) is 58.6 Å². The van der Waals surface area contributed by atoms with Gasteiger partial charge in [-0.2, -0.15) is 0 Å². The molecule has 0 amide bonds. The summed E-state index contributed by atoms with van der Waals surface area (Å²) in [5, 5.41) is 0. The molecule has 3 atom stereocenters. The van der Waals surface area contributed by atoms with E-state index in [0.717, 1.165) is 16.7 Å². The first kappa shape index (κ1) is 30.7. The Kier molecular flexibility index (Phi) is 11.4. The van der Waals surface area contributed by atoms with Crippen LogP contribution in [0.4, 0.5) is 0 Å². The zero-order valence-electron chi connectivity index (χ0n) is 23.9. The predicted molar refractivity (Wildman–Crippen MR) is 156 cm³/mol. The monoisotopic (exact) mass is 572 g/mol. The summed E-state index contributed by atoms with van der Waals surface area (Å²) < 4.78 is 28.2. The highest BCUT2D eigenvalue weighted by Gasteiger charge is 2.31. The van der Waals surface area contributed by atoms with Gasteiger partial charge in [0.15, 0.2) is 0 Å². The van der Waals surface area contributed by atoms with E-state index in [-0.39, 0.29) is 25.9 Å². The first-order chi connectivity index (χ1) is 20.4. The van der Waals surface area contributed by atoms with E-state index in [2.05, 4.69) is 0 Å². The summed E-state index contributed by atoms with van der Waals surface area (Å²) in [7, 11) is 1.44. The number of methoxy groups -OCH3 is 1. The molecular formula is C34H36O8. The Balaban J connectivity index is 1.46. The Morgan fingerprint density at radius 2 is 1.43 bits per heavy atom. The van der Waals surface area contributed by atoms with E-state index < -0.39 is 30.1 Å². The molecule has 1 heterocycles. The maximum Gasteiger partial charge on any atom is 0.338 e. The molecule has 0 aromatic heterocycles. The Hall–Kier alpha value is -4.27. The smallest absolute Gasteiger partial charge is 0.338 e. The van der Waals surface area contributed by atoms with Crippen molar-refractivity contribution in [1.82, 2.24) is 0 Å². The maximum absolute atomic E-state index is 12.9. The fourth-order valence-electron chi connectivity index (χ4n) is 4.78. The standard InChI is InChI=1S/C34H36O8/c1-24-20-28(41-32(25-12-6-3-7-13-25)30(24)22-39-31(35)23-38-2)18-19-29(42-34(37)27-16-10-5-11-17-27)21-40-33(36)26-14-8-4-9-15-26/h3-17,28-29,32H,18-23H2,1-2H3/t28?,29-,32?/m1/s1. The van der Waals surface area contributed by atoms with Crippen molar-refractivity contribution in [3.8, 4) is 0 Å². The van der Waals surface area contributed by atoms with Crippen molar-refractivity contribution < 1.29 is 38.1 Å². The summed E-state index contributed by atoms with van der Waals surface area (Å²) in [4.78, 5) is 37.5. The van der Waals surface area contributed by atoms with Crippen LogP contribution in [0.5, 0.6) is 0 Å². The number of carbonyl (C=O) groups is 3. The van der Waals surface area contributed by atoms with Crippen molar-refractivity contribution in [2.75, 3.05) is 26.9 Å². The summed E-state index contributed by atoms with van der Waals surface area (Å²) in [5.41, 5.74) is 3.75. The molecule has 8 nitrogen and oxygen atoms in total. The average molecular weight is 573 g/mol. The van der Waals surface area contributed by atoms with Gasteiger partial charge >= 0.3 is 17.9 Å². The number of ether oxygens (including phenoxy) is 5. The van der Waals surface area contributed by atoms with Gasteiger partial charge in [-0.25, -0.2) is 14.4 Å². The molecular weight excluding hydrogens is 536 g/mol. The van der Waals surface area contributed by atoms with Gasteiger partial charge in [0, 0.05) is 7.11 Å². The zero-order valence-corrected chi connectivity index (χ0v) is 23.9. The Morgan fingerprint density at radius 3 is 2.05 bits per heavy atom. The quantitative estimate of drug-likeness (QED) is 0.142. The second-order valence-corrected chi connectivity index (χ2v) is 10.1. The first-order valence-electron chi connectivity index (χ1n) is 14.0. The van der Waals surface area contributed by atoms with Gasteiger partial charge < -0.3 is 23.7 Å². The van der Waals surface area contributed by atoms with Crippen LogP contribution in [0.15, 0.2) is 102 Å². The van der Waals surface area contributed by atoms with Gasteiger partial charge in [0.2, 0.25) is 0 Å². The van der Waals surface area contributed by atoms with Crippen LogP contribution in [-0.2, 0) is 28.5 Å². The molecule has 0 fully saturated rings. The normalized spacial score (nSPS) is 17.3. The molecule has 3 aromatic carbocycles. The van der Waals surface area contributed by atoms with E-state index in [1.54, 1.807) is 48.5 Å². The molecule has 0 N–H and O–H groups in total. The SMILES string of the molecule is COCC(=O)OCC1=C(C)CC(CC[C@H](COC(=O)c2ccccc2)OC(=O)c2ccccc2)OC1c1ccccc1. The largest absolute Gasteiger partial charge is 0.459 e. The van der Waals surface area contributed by atoms with E-state index in [1.807, 2.05) is 49.4 Å². The van der Waals surface area contributed by atoms with Crippen LogP contribution >= 0.6 is 0 Å². The van der Waals surface area contributed by atoms with Gasteiger partial charge in [0.25, 0.3) is 0 Å². The lowest BCUT2D eigenvalue weighted by atomic mass is 9.90. The molecule has 3 aromatic rings. The molecule has 0 bridgehead atoms. The molecule has 4 rings (SSSR count). The highest BCUT2D eigenvalue weighted by Crippen LogP contribution is 2.38. The fraction of sp³-hybridized carbons (Fsp3) is 0.324. The predicted octanol–water partition coefficient (Wildman–Crippen LogP) is 5.89. The summed E-state index contributed by atoms with van der Waals surface area (Å²) in [6.45, 7) is 1.91. The van der Waals surface area contributed by atoms with E-state index in [4.69, 9.17) is 23.7 Å². The molecule has 220 valence electrons. The highest BCUT2D eigenvalue weighted by atomic mass is 16.6. The summed E-state index contributed by atoms with van der Waals surface area (Å²) in [5.74, 6) is -1.42. The van der Waals surface area contributed by atoms with Crippen LogP contribution < -0.4 is 0 Å². The summed E-state index contributed by atoms with van der Waals surface area (Å²) in [6.07, 6.45) is 0.303. The first-order valence-corrected chi connectivity index (χ1v) is 14.0. The van der Waals surface area contributed by atoms with Crippen molar-refractivity contribution in [2.45, 2.75) is 44.5 Å². The number of benzene rings is 3. The third kappa shape index (κ3) is 8.86. The van der Waals surface area contributed by atoms with E-state index in [9.17, 15) is 14.4 Å². The lowest BCUT2D eigenvalue weighted by Crippen LogP contribution is -2.30. The van der Waals surface area contributed by atoms with Gasteiger partial charge in [-0.15, -0.1) is 0 Å². The number of carbonyl (C=O) groups excluding carboxylic acids is 3. The number of esters is 3. The Bertz CT molecular complexity index is 1340. The van der Waals surface area contributed by atoms with Gasteiger partial charge in [0.05, 0.1) is 17.2 Å². The van der Waals surface area contributed by atoms with E-state index in [0.29, 0.717) is 30.4 Å². The van der Waals surface area contributed by atoms with Crippen LogP contribution in [0.3, 0.4) is 0 Å². The highest BCUT2D eigenvalue weighted by molar-refractivity contribution is 5.90. The summed E-state index contributed by atoms with van der Waals surface area (Å²) in [6, 6.07) is 27.2. The molecule has 0 saturated carbocycles. The fourth-order valence-corrected chi connectivity index (χ4v) is 4.78. The molecule has 1 aliphatic heterocycles. The van der Waals surface area contributed by atoms with E-state index in [1.165, 1.54) is 7.11 Å². The van der Waals surface area contributed by atoms with Crippen LogP contribution in [-0.4, -0.2) is 57.0 Å².